The first-order chi connectivity index (χ1) is 17.0. The first-order valence-corrected chi connectivity index (χ1v) is 10.9. The number of likely N-dealkylation sites (N-methyl/N-ethyl adjacent to an activating group) is 1. The monoisotopic (exact) mass is 471 g/mol. The lowest BCUT2D eigenvalue weighted by atomic mass is 10.1. The minimum absolute atomic E-state index is 0.0604. The van der Waals surface area contributed by atoms with Crippen LogP contribution in [0.25, 0.3) is 22.2 Å². The average Bonchev–Trinajstić information content (AvgIpc) is 2.84. The van der Waals surface area contributed by atoms with E-state index in [1.165, 1.54) is 12.1 Å². The van der Waals surface area contributed by atoms with Gasteiger partial charge < -0.3 is 15.4 Å². The predicted octanol–water partition coefficient (Wildman–Crippen LogP) is 3.79. The molecule has 10 heteroatoms. The van der Waals surface area contributed by atoms with E-state index in [2.05, 4.69) is 42.0 Å². The van der Waals surface area contributed by atoms with E-state index < -0.39 is 5.82 Å². The molecule has 35 heavy (non-hydrogen) atoms. The number of nitrogens with zero attached hydrogens (tertiary/aromatic N) is 5. The molecule has 1 aromatic carbocycles. The third kappa shape index (κ3) is 4.92. The minimum Gasteiger partial charge on any atom is -0.486 e. The zero-order chi connectivity index (χ0) is 24.4. The highest BCUT2D eigenvalue weighted by atomic mass is 19.1. The Bertz CT molecular complexity index is 1420. The third-order valence-electron chi connectivity index (χ3n) is 5.50. The molecular formula is C25H22FN7O2. The first-order valence-electron chi connectivity index (χ1n) is 10.9. The van der Waals surface area contributed by atoms with Gasteiger partial charge in [-0.1, -0.05) is 6.58 Å². The van der Waals surface area contributed by atoms with Crippen LogP contribution in [0.2, 0.25) is 0 Å². The van der Waals surface area contributed by atoms with Gasteiger partial charge in [0.15, 0.2) is 0 Å². The Morgan fingerprint density at radius 3 is 2.83 bits per heavy atom. The second-order valence-corrected chi connectivity index (χ2v) is 8.17. The van der Waals surface area contributed by atoms with Gasteiger partial charge in [-0.3, -0.25) is 19.7 Å². The Morgan fingerprint density at radius 1 is 1.20 bits per heavy atom. The van der Waals surface area contributed by atoms with Crippen molar-refractivity contribution in [2.45, 2.75) is 6.10 Å². The Kier molecular flexibility index (Phi) is 6.02. The lowest BCUT2D eigenvalue weighted by Crippen LogP contribution is -2.51. The van der Waals surface area contributed by atoms with Gasteiger partial charge in [-0.05, 0) is 43.5 Å². The molecule has 0 radical (unpaired) electrons. The van der Waals surface area contributed by atoms with Crippen LogP contribution in [-0.2, 0) is 4.79 Å². The number of benzene rings is 1. The lowest BCUT2D eigenvalue weighted by molar-refractivity contribution is -0.111. The van der Waals surface area contributed by atoms with E-state index in [0.717, 1.165) is 19.3 Å². The summed E-state index contributed by atoms with van der Waals surface area (Å²) in [5.74, 6) is 0.0867. The van der Waals surface area contributed by atoms with Crippen LogP contribution in [0.15, 0.2) is 67.8 Å². The smallest absolute Gasteiger partial charge is 0.247 e. The molecule has 3 aromatic heterocycles. The minimum atomic E-state index is -0.440. The van der Waals surface area contributed by atoms with E-state index in [0.29, 0.717) is 45.2 Å². The van der Waals surface area contributed by atoms with Crippen LogP contribution >= 0.6 is 0 Å². The van der Waals surface area contributed by atoms with Crippen molar-refractivity contribution in [1.82, 2.24) is 24.8 Å². The van der Waals surface area contributed by atoms with Crippen LogP contribution < -0.4 is 15.4 Å². The van der Waals surface area contributed by atoms with Gasteiger partial charge >= 0.3 is 0 Å². The van der Waals surface area contributed by atoms with Crippen LogP contribution in [0.4, 0.5) is 21.7 Å². The number of halogens is 1. The fourth-order valence-corrected chi connectivity index (χ4v) is 3.81. The van der Waals surface area contributed by atoms with Gasteiger partial charge in [-0.15, -0.1) is 0 Å². The summed E-state index contributed by atoms with van der Waals surface area (Å²) < 4.78 is 19.8. The molecule has 1 aliphatic heterocycles. The molecule has 1 saturated heterocycles. The van der Waals surface area contributed by atoms with E-state index in [-0.39, 0.29) is 12.0 Å². The van der Waals surface area contributed by atoms with Crippen molar-refractivity contribution < 1.29 is 13.9 Å². The molecule has 1 aliphatic rings. The number of aromatic nitrogens is 4. The van der Waals surface area contributed by atoms with Crippen LogP contribution in [0.5, 0.6) is 5.75 Å². The predicted molar refractivity (Wildman–Crippen MR) is 131 cm³/mol. The SMILES string of the molecule is C=CC(=O)Nc1cc(Nc2ncc3nccc(-c4cncc(F)c4)c3n2)ccc1OC1CN(C)C1. The van der Waals surface area contributed by atoms with Gasteiger partial charge in [0.05, 0.1) is 18.1 Å². The van der Waals surface area contributed by atoms with Crippen LogP contribution in [-0.4, -0.2) is 57.0 Å². The van der Waals surface area contributed by atoms with Crippen LogP contribution in [0, 0.1) is 5.82 Å². The van der Waals surface area contributed by atoms with E-state index in [1.54, 1.807) is 36.8 Å². The van der Waals surface area contributed by atoms with Crippen molar-refractivity contribution in [1.29, 1.82) is 0 Å². The summed E-state index contributed by atoms with van der Waals surface area (Å²) in [7, 11) is 2.02. The zero-order valence-corrected chi connectivity index (χ0v) is 18.9. The van der Waals surface area contributed by atoms with Crippen molar-refractivity contribution in [3.63, 3.8) is 0 Å². The number of hydrogen-bond acceptors (Lipinski definition) is 8. The van der Waals surface area contributed by atoms with Crippen molar-refractivity contribution in [2.24, 2.45) is 0 Å². The molecule has 176 valence electrons. The number of rotatable bonds is 7. The number of pyridine rings is 2. The second-order valence-electron chi connectivity index (χ2n) is 8.17. The van der Waals surface area contributed by atoms with Crippen LogP contribution in [0.1, 0.15) is 0 Å². The fourth-order valence-electron chi connectivity index (χ4n) is 3.81. The van der Waals surface area contributed by atoms with Gasteiger partial charge in [0.25, 0.3) is 0 Å². The lowest BCUT2D eigenvalue weighted by Gasteiger charge is -2.36. The Morgan fingerprint density at radius 2 is 2.06 bits per heavy atom. The topological polar surface area (TPSA) is 105 Å². The molecule has 0 spiro atoms. The number of hydrogen-bond donors (Lipinski definition) is 2. The molecule has 0 unspecified atom stereocenters. The molecule has 9 nitrogen and oxygen atoms in total. The largest absolute Gasteiger partial charge is 0.486 e. The van der Waals surface area contributed by atoms with Gasteiger partial charge in [0.2, 0.25) is 11.9 Å². The quantitative estimate of drug-likeness (QED) is 0.393. The van der Waals surface area contributed by atoms with E-state index in [4.69, 9.17) is 4.74 Å². The normalized spacial score (nSPS) is 13.8. The van der Waals surface area contributed by atoms with Gasteiger partial charge in [0, 0.05) is 42.3 Å². The molecule has 1 amide bonds. The number of carbonyl (C=O) groups excluding carboxylic acids is 1. The Balaban J connectivity index is 1.45. The third-order valence-corrected chi connectivity index (χ3v) is 5.50. The molecule has 0 saturated carbocycles. The van der Waals surface area contributed by atoms with Crippen molar-refractivity contribution in [3.8, 4) is 16.9 Å². The maximum absolute atomic E-state index is 13.8. The van der Waals surface area contributed by atoms with Crippen molar-refractivity contribution in [2.75, 3.05) is 30.8 Å². The molecule has 0 aliphatic carbocycles. The highest BCUT2D eigenvalue weighted by molar-refractivity contribution is 6.00. The number of nitrogens with one attached hydrogen (secondary N) is 2. The number of likely N-dealkylation sites (tertiary alicyclic amines) is 1. The molecule has 0 bridgehead atoms. The van der Waals surface area contributed by atoms with E-state index >= 15 is 0 Å². The first kappa shape index (κ1) is 22.4. The number of ether oxygens (including phenoxy) is 1. The van der Waals surface area contributed by atoms with Crippen LogP contribution in [0.3, 0.4) is 0 Å². The zero-order valence-electron chi connectivity index (χ0n) is 18.9. The van der Waals surface area contributed by atoms with Crippen molar-refractivity contribution >= 4 is 34.3 Å². The van der Waals surface area contributed by atoms with Gasteiger partial charge in [-0.25, -0.2) is 14.4 Å². The highest BCUT2D eigenvalue weighted by Crippen LogP contribution is 2.32. The molecule has 0 atom stereocenters. The average molecular weight is 471 g/mol. The summed E-state index contributed by atoms with van der Waals surface area (Å²) in [4.78, 5) is 31.3. The molecule has 5 rings (SSSR count). The maximum atomic E-state index is 13.8. The summed E-state index contributed by atoms with van der Waals surface area (Å²) in [6, 6.07) is 8.49. The molecule has 4 heterocycles. The molecule has 2 N–H and O–H groups in total. The standard InChI is InChI=1S/C25H22FN7O2/c1-3-23(34)31-20-9-17(4-5-22(20)35-18-13-33(2)14-18)30-25-29-12-21-24(32-25)19(6-7-28-21)15-8-16(26)11-27-10-15/h3-12,18H,1,13-14H2,2H3,(H,31,34)(H,29,30,32). The number of carbonyl (C=O) groups is 1. The van der Waals surface area contributed by atoms with E-state index in [9.17, 15) is 9.18 Å². The maximum Gasteiger partial charge on any atom is 0.247 e. The fraction of sp³-hybridized carbons (Fsp3) is 0.160. The van der Waals surface area contributed by atoms with Crippen molar-refractivity contribution in [3.05, 3.63) is 73.6 Å². The Hall–Kier alpha value is -4.44. The van der Waals surface area contributed by atoms with Gasteiger partial charge in [0.1, 0.15) is 28.7 Å². The summed E-state index contributed by atoms with van der Waals surface area (Å²) in [6.45, 7) is 5.15. The second kappa shape index (κ2) is 9.43. The highest BCUT2D eigenvalue weighted by Gasteiger charge is 2.26. The number of amides is 1. The summed E-state index contributed by atoms with van der Waals surface area (Å²) in [5.41, 5.74) is 3.51. The molecule has 4 aromatic rings. The van der Waals surface area contributed by atoms with E-state index in [1.807, 2.05) is 13.1 Å². The summed E-state index contributed by atoms with van der Waals surface area (Å²) >= 11 is 0. The van der Waals surface area contributed by atoms with Gasteiger partial charge in [-0.2, -0.15) is 0 Å². The summed E-state index contributed by atoms with van der Waals surface area (Å²) in [6.07, 6.45) is 7.18. The Labute approximate surface area is 200 Å². The number of anilines is 3. The summed E-state index contributed by atoms with van der Waals surface area (Å²) in [5, 5.41) is 5.94. The molecular weight excluding hydrogens is 449 g/mol. The number of fused-ring (bicyclic) bond motifs is 1. The molecule has 1 fully saturated rings.